The highest BCUT2D eigenvalue weighted by atomic mass is 16.5. The topological polar surface area (TPSA) is 47.3 Å². The molecule has 0 aliphatic carbocycles. The Morgan fingerprint density at radius 2 is 2.00 bits per heavy atom. The molecule has 0 spiro atoms. The second kappa shape index (κ2) is 5.85. The average Bonchev–Trinajstić information content (AvgIpc) is 2.21. The van der Waals surface area contributed by atoms with Gasteiger partial charge in [-0.3, -0.25) is 11.3 Å². The molecule has 15 heavy (non-hydrogen) atoms. The highest BCUT2D eigenvalue weighted by Crippen LogP contribution is 2.17. The van der Waals surface area contributed by atoms with E-state index >= 15 is 0 Å². The van der Waals surface area contributed by atoms with Gasteiger partial charge in [0.1, 0.15) is 0 Å². The number of hydrogen-bond donors (Lipinski definition) is 2. The lowest BCUT2D eigenvalue weighted by molar-refractivity contribution is 0.0610. The molecule has 3 nitrogen and oxygen atoms in total. The normalized spacial score (nSPS) is 13.1. The summed E-state index contributed by atoms with van der Waals surface area (Å²) in [6, 6.07) is 8.25. The first kappa shape index (κ1) is 12.2. The summed E-state index contributed by atoms with van der Waals surface area (Å²) in [7, 11) is 0. The summed E-state index contributed by atoms with van der Waals surface area (Å²) in [6.45, 7) is 6.71. The number of benzene rings is 1. The first-order chi connectivity index (χ1) is 7.15. The molecule has 0 fully saturated rings. The molecule has 0 heterocycles. The van der Waals surface area contributed by atoms with E-state index in [-0.39, 0.29) is 12.1 Å². The van der Waals surface area contributed by atoms with Crippen molar-refractivity contribution < 1.29 is 4.74 Å². The fraction of sp³-hybridized carbons (Fsp3) is 0.500. The van der Waals surface area contributed by atoms with Gasteiger partial charge in [0.25, 0.3) is 0 Å². The van der Waals surface area contributed by atoms with Gasteiger partial charge in [-0.2, -0.15) is 0 Å². The zero-order chi connectivity index (χ0) is 11.3. The summed E-state index contributed by atoms with van der Waals surface area (Å²) in [5, 5.41) is 0. The minimum atomic E-state index is 0.0635. The van der Waals surface area contributed by atoms with E-state index in [1.807, 2.05) is 26.0 Å². The Kier molecular flexibility index (Phi) is 4.75. The Balaban J connectivity index is 2.70. The van der Waals surface area contributed by atoms with Crippen LogP contribution in [0.4, 0.5) is 0 Å². The smallest absolute Gasteiger partial charge is 0.0696 e. The van der Waals surface area contributed by atoms with Crippen LogP contribution >= 0.6 is 0 Å². The molecule has 0 aromatic heterocycles. The third-order valence-electron chi connectivity index (χ3n) is 2.36. The molecule has 84 valence electrons. The number of nitrogens with one attached hydrogen (secondary N) is 1. The maximum absolute atomic E-state index is 5.56. The molecule has 1 unspecified atom stereocenters. The SMILES string of the molecule is Cc1ccccc1C(COC(C)C)NN. The van der Waals surface area contributed by atoms with Gasteiger partial charge in [-0.1, -0.05) is 24.3 Å². The van der Waals surface area contributed by atoms with Crippen LogP contribution in [0.2, 0.25) is 0 Å². The highest BCUT2D eigenvalue weighted by Gasteiger charge is 2.12. The zero-order valence-electron chi connectivity index (χ0n) is 9.66. The quantitative estimate of drug-likeness (QED) is 0.574. The molecule has 1 aromatic carbocycles. The Labute approximate surface area is 91.6 Å². The summed E-state index contributed by atoms with van der Waals surface area (Å²) in [5.41, 5.74) is 5.21. The van der Waals surface area contributed by atoms with Crippen LogP contribution in [0.5, 0.6) is 0 Å². The van der Waals surface area contributed by atoms with Gasteiger partial charge in [-0.25, -0.2) is 0 Å². The molecule has 0 aliphatic heterocycles. The summed E-state index contributed by atoms with van der Waals surface area (Å²) in [6.07, 6.45) is 0.227. The van der Waals surface area contributed by atoms with Gasteiger partial charge in [0.05, 0.1) is 18.8 Å². The van der Waals surface area contributed by atoms with Crippen LogP contribution in [-0.4, -0.2) is 12.7 Å². The van der Waals surface area contributed by atoms with E-state index in [0.717, 1.165) is 0 Å². The van der Waals surface area contributed by atoms with E-state index in [1.165, 1.54) is 11.1 Å². The Morgan fingerprint density at radius 1 is 1.33 bits per heavy atom. The van der Waals surface area contributed by atoms with Crippen LogP contribution < -0.4 is 11.3 Å². The zero-order valence-corrected chi connectivity index (χ0v) is 9.66. The van der Waals surface area contributed by atoms with E-state index in [2.05, 4.69) is 24.5 Å². The predicted octanol–water partition coefficient (Wildman–Crippen LogP) is 1.92. The number of nitrogens with two attached hydrogens (primary N) is 1. The molecule has 3 heteroatoms. The average molecular weight is 208 g/mol. The third kappa shape index (κ3) is 3.63. The van der Waals surface area contributed by atoms with Crippen molar-refractivity contribution in [1.82, 2.24) is 5.43 Å². The van der Waals surface area contributed by atoms with Crippen LogP contribution in [0.15, 0.2) is 24.3 Å². The molecule has 0 bridgehead atoms. The van der Waals surface area contributed by atoms with Crippen LogP contribution in [0.25, 0.3) is 0 Å². The number of hydrogen-bond acceptors (Lipinski definition) is 3. The Bertz CT molecular complexity index is 299. The monoisotopic (exact) mass is 208 g/mol. The second-order valence-electron chi connectivity index (χ2n) is 3.96. The predicted molar refractivity (Wildman–Crippen MR) is 62.3 cm³/mol. The molecule has 0 saturated heterocycles. The van der Waals surface area contributed by atoms with Crippen LogP contribution in [0, 0.1) is 6.92 Å². The first-order valence-electron chi connectivity index (χ1n) is 5.28. The van der Waals surface area contributed by atoms with Gasteiger partial charge < -0.3 is 4.74 Å². The van der Waals surface area contributed by atoms with Gasteiger partial charge >= 0.3 is 0 Å². The molecule has 0 radical (unpaired) electrons. The lowest BCUT2D eigenvalue weighted by Crippen LogP contribution is -2.32. The van der Waals surface area contributed by atoms with Crippen molar-refractivity contribution in [2.75, 3.05) is 6.61 Å². The molecule has 3 N–H and O–H groups in total. The number of ether oxygens (including phenoxy) is 1. The van der Waals surface area contributed by atoms with Crippen molar-refractivity contribution in [3.05, 3.63) is 35.4 Å². The molecular weight excluding hydrogens is 188 g/mol. The first-order valence-corrected chi connectivity index (χ1v) is 5.28. The van der Waals surface area contributed by atoms with Crippen LogP contribution in [0.3, 0.4) is 0 Å². The van der Waals surface area contributed by atoms with E-state index in [1.54, 1.807) is 0 Å². The van der Waals surface area contributed by atoms with Crippen molar-refractivity contribution in [1.29, 1.82) is 0 Å². The largest absolute Gasteiger partial charge is 0.377 e. The summed E-state index contributed by atoms with van der Waals surface area (Å²) in [4.78, 5) is 0. The van der Waals surface area contributed by atoms with Crippen molar-refractivity contribution >= 4 is 0 Å². The fourth-order valence-electron chi connectivity index (χ4n) is 1.49. The fourth-order valence-corrected chi connectivity index (χ4v) is 1.49. The van der Waals surface area contributed by atoms with Crippen molar-refractivity contribution in [2.24, 2.45) is 5.84 Å². The van der Waals surface area contributed by atoms with Gasteiger partial charge in [-0.05, 0) is 31.9 Å². The number of hydrazine groups is 1. The lowest BCUT2D eigenvalue weighted by atomic mass is 10.0. The minimum absolute atomic E-state index is 0.0635. The summed E-state index contributed by atoms with van der Waals surface area (Å²) in [5.74, 6) is 5.53. The molecular formula is C12H20N2O. The molecule has 1 aromatic rings. The Morgan fingerprint density at radius 3 is 2.53 bits per heavy atom. The van der Waals surface area contributed by atoms with E-state index in [0.29, 0.717) is 6.61 Å². The van der Waals surface area contributed by atoms with Crippen molar-refractivity contribution in [3.63, 3.8) is 0 Å². The maximum atomic E-state index is 5.56. The third-order valence-corrected chi connectivity index (χ3v) is 2.36. The summed E-state index contributed by atoms with van der Waals surface area (Å²) >= 11 is 0. The van der Waals surface area contributed by atoms with Crippen molar-refractivity contribution in [2.45, 2.75) is 32.9 Å². The maximum Gasteiger partial charge on any atom is 0.0696 e. The standard InChI is InChI=1S/C12H20N2O/c1-9(2)15-8-12(14-13)11-7-5-4-6-10(11)3/h4-7,9,12,14H,8,13H2,1-3H3. The van der Waals surface area contributed by atoms with Crippen LogP contribution in [-0.2, 0) is 4.74 Å². The van der Waals surface area contributed by atoms with Gasteiger partial charge in [0.2, 0.25) is 0 Å². The molecule has 0 amide bonds. The molecule has 1 atom stereocenters. The summed E-state index contributed by atoms with van der Waals surface area (Å²) < 4.78 is 5.56. The lowest BCUT2D eigenvalue weighted by Gasteiger charge is -2.19. The van der Waals surface area contributed by atoms with Gasteiger partial charge in [-0.15, -0.1) is 0 Å². The molecule has 1 rings (SSSR count). The van der Waals surface area contributed by atoms with Crippen LogP contribution in [0.1, 0.15) is 31.0 Å². The van der Waals surface area contributed by atoms with Gasteiger partial charge in [0, 0.05) is 0 Å². The second-order valence-corrected chi connectivity index (χ2v) is 3.96. The Hall–Kier alpha value is -0.900. The highest BCUT2D eigenvalue weighted by molar-refractivity contribution is 5.28. The molecule has 0 aliphatic rings. The minimum Gasteiger partial charge on any atom is -0.377 e. The number of rotatable bonds is 5. The van der Waals surface area contributed by atoms with Crippen molar-refractivity contribution in [3.8, 4) is 0 Å². The van der Waals surface area contributed by atoms with Gasteiger partial charge in [0.15, 0.2) is 0 Å². The molecule has 0 saturated carbocycles. The van der Waals surface area contributed by atoms with E-state index < -0.39 is 0 Å². The van der Waals surface area contributed by atoms with E-state index in [4.69, 9.17) is 10.6 Å². The van der Waals surface area contributed by atoms with E-state index in [9.17, 15) is 0 Å². The number of aryl methyl sites for hydroxylation is 1.